The van der Waals surface area contributed by atoms with Crippen LogP contribution in [0, 0.1) is 0 Å². The molecule has 2 fully saturated rings. The first-order valence-electron chi connectivity index (χ1n) is 15.1. The van der Waals surface area contributed by atoms with Gasteiger partial charge in [-0.1, -0.05) is 34.9 Å². The molecule has 0 aromatic heterocycles. The van der Waals surface area contributed by atoms with E-state index in [1.165, 1.54) is 16.7 Å². The summed E-state index contributed by atoms with van der Waals surface area (Å²) in [5, 5.41) is 0. The van der Waals surface area contributed by atoms with Gasteiger partial charge in [-0.25, -0.2) is 9.34 Å². The molecule has 0 N–H and O–H groups in total. The molecule has 0 saturated carbocycles. The van der Waals surface area contributed by atoms with Crippen LogP contribution in [0.25, 0.3) is 0 Å². The molecular weight excluding hydrogens is 518 g/mol. The Balaban J connectivity index is 1.78. The van der Waals surface area contributed by atoms with Gasteiger partial charge < -0.3 is 9.47 Å². The number of hydrogen-bond donors (Lipinski definition) is 0. The second-order valence-electron chi connectivity index (χ2n) is 13.1. The van der Waals surface area contributed by atoms with Crippen molar-refractivity contribution in [2.45, 2.75) is 91.8 Å². The van der Waals surface area contributed by atoms with Gasteiger partial charge in [0, 0.05) is 57.4 Å². The lowest BCUT2D eigenvalue weighted by atomic mass is 9.94. The number of ether oxygens (including phenoxy) is 2. The number of allylic oxidation sites excluding steroid dienone is 5. The first-order valence-corrected chi connectivity index (χ1v) is 16.9. The van der Waals surface area contributed by atoms with Gasteiger partial charge in [-0.15, -0.1) is 0 Å². The summed E-state index contributed by atoms with van der Waals surface area (Å²) in [6, 6.07) is -0.328. The lowest BCUT2D eigenvalue weighted by molar-refractivity contribution is -0.101. The van der Waals surface area contributed by atoms with E-state index >= 15 is 0 Å². The van der Waals surface area contributed by atoms with Crippen LogP contribution in [0.4, 0.5) is 0 Å². The van der Waals surface area contributed by atoms with Gasteiger partial charge in [0.15, 0.2) is 0 Å². The Morgan fingerprint density at radius 1 is 0.975 bits per heavy atom. The molecule has 7 nitrogen and oxygen atoms in total. The fourth-order valence-electron chi connectivity index (χ4n) is 5.12. The Hall–Kier alpha value is -0.725. The average Bonchev–Trinajstić information content (AvgIpc) is 2.86. The first-order chi connectivity index (χ1) is 18.7. The van der Waals surface area contributed by atoms with Crippen molar-refractivity contribution in [3.8, 4) is 0 Å². The Bertz CT molecular complexity index is 903. The predicted molar refractivity (Wildman–Crippen MR) is 171 cm³/mol. The van der Waals surface area contributed by atoms with Crippen LogP contribution in [0.5, 0.6) is 0 Å². The standard InChI is InChI=1S/C31H58BN4O3P/c1-26(2)12-10-13-27(3)14-11-15-28(4)16-17-34-18-20-36(21-19-34)40(37,33(8)9)25-38-24-29-22-35(31(5,6)7)23-30(32)39-29/h12,14,16,29-30H,10-11,13,15,17-25H2,1-9H3/b27-14+,28-16+. The zero-order valence-electron chi connectivity index (χ0n) is 27.1. The number of rotatable bonds is 14. The highest BCUT2D eigenvalue weighted by molar-refractivity contribution is 7.58. The lowest BCUT2D eigenvalue weighted by Gasteiger charge is -2.44. The van der Waals surface area contributed by atoms with Gasteiger partial charge in [0.2, 0.25) is 7.44 Å². The molecule has 3 atom stereocenters. The molecular formula is C31H58BN4O3P. The minimum absolute atomic E-state index is 0.0211. The summed E-state index contributed by atoms with van der Waals surface area (Å²) < 4.78 is 30.0. The van der Waals surface area contributed by atoms with E-state index in [1.54, 1.807) is 0 Å². The summed E-state index contributed by atoms with van der Waals surface area (Å²) in [7, 11) is 7.13. The summed E-state index contributed by atoms with van der Waals surface area (Å²) in [6.45, 7) is 21.6. The van der Waals surface area contributed by atoms with Crippen LogP contribution in [0.1, 0.15) is 74.1 Å². The largest absolute Gasteiger partial charge is 0.380 e. The van der Waals surface area contributed by atoms with Crippen molar-refractivity contribution in [3.63, 3.8) is 0 Å². The molecule has 228 valence electrons. The zero-order valence-corrected chi connectivity index (χ0v) is 28.0. The number of piperazine rings is 1. The van der Waals surface area contributed by atoms with E-state index in [2.05, 4.69) is 81.2 Å². The van der Waals surface area contributed by atoms with E-state index in [4.69, 9.17) is 17.3 Å². The van der Waals surface area contributed by atoms with Crippen LogP contribution in [-0.4, -0.2) is 117 Å². The third-order valence-corrected chi connectivity index (χ3v) is 11.0. The minimum Gasteiger partial charge on any atom is -0.380 e. The van der Waals surface area contributed by atoms with Crippen LogP contribution in [-0.2, 0) is 14.0 Å². The fourth-order valence-corrected chi connectivity index (χ4v) is 7.17. The van der Waals surface area contributed by atoms with Crippen LogP contribution in [0.2, 0.25) is 0 Å². The molecule has 2 aliphatic heterocycles. The van der Waals surface area contributed by atoms with Gasteiger partial charge in [0.25, 0.3) is 0 Å². The van der Waals surface area contributed by atoms with Crippen molar-refractivity contribution in [1.82, 2.24) is 19.1 Å². The molecule has 0 aromatic carbocycles. The van der Waals surface area contributed by atoms with Gasteiger partial charge in [-0.3, -0.25) is 14.4 Å². The second kappa shape index (κ2) is 16.8. The van der Waals surface area contributed by atoms with Crippen molar-refractivity contribution in [3.05, 3.63) is 34.9 Å². The molecule has 0 amide bonds. The Morgan fingerprint density at radius 3 is 2.15 bits per heavy atom. The average molecular weight is 577 g/mol. The summed E-state index contributed by atoms with van der Waals surface area (Å²) in [4.78, 5) is 4.79. The van der Waals surface area contributed by atoms with Crippen LogP contribution in [0.15, 0.2) is 34.9 Å². The number of hydrogen-bond acceptors (Lipinski definition) is 5. The highest BCUT2D eigenvalue weighted by Gasteiger charge is 2.37. The summed E-state index contributed by atoms with van der Waals surface area (Å²) in [6.07, 6.45) is 11.7. The SMILES string of the molecule is [B]C1CN(C(C)(C)C)CC(COCP(=O)(N(C)C)N2CCN(C/C=C(\C)CC/C=C(\C)CCC=C(C)C)CC2)O1. The monoisotopic (exact) mass is 576 g/mol. The van der Waals surface area contributed by atoms with Gasteiger partial charge in [-0.2, -0.15) is 0 Å². The van der Waals surface area contributed by atoms with Crippen molar-refractivity contribution in [2.75, 3.05) is 72.9 Å². The smallest absolute Gasteiger partial charge is 0.241 e. The van der Waals surface area contributed by atoms with Crippen LogP contribution >= 0.6 is 7.44 Å². The molecule has 0 bridgehead atoms. The van der Waals surface area contributed by atoms with Crippen molar-refractivity contribution in [1.29, 1.82) is 0 Å². The molecule has 2 rings (SSSR count). The molecule has 0 spiro atoms. The fraction of sp³-hybridized carbons (Fsp3) is 0.806. The van der Waals surface area contributed by atoms with E-state index in [0.717, 1.165) is 65.0 Å². The molecule has 40 heavy (non-hydrogen) atoms. The van der Waals surface area contributed by atoms with E-state index in [0.29, 0.717) is 13.2 Å². The molecule has 2 saturated heterocycles. The number of morpholine rings is 1. The first kappa shape index (κ1) is 35.5. The second-order valence-corrected chi connectivity index (χ2v) is 16.1. The summed E-state index contributed by atoms with van der Waals surface area (Å²) >= 11 is 0. The maximum absolute atomic E-state index is 14.1. The van der Waals surface area contributed by atoms with E-state index in [-0.39, 0.29) is 24.0 Å². The highest BCUT2D eigenvalue weighted by Crippen LogP contribution is 2.51. The maximum Gasteiger partial charge on any atom is 0.241 e. The van der Waals surface area contributed by atoms with Gasteiger partial charge in [0.1, 0.15) is 14.2 Å². The number of nitrogens with zero attached hydrogens (tertiary/aromatic N) is 4. The minimum atomic E-state index is -2.81. The quantitative estimate of drug-likeness (QED) is 0.148. The zero-order chi connectivity index (χ0) is 29.9. The van der Waals surface area contributed by atoms with E-state index < -0.39 is 7.44 Å². The molecule has 2 aliphatic rings. The highest BCUT2D eigenvalue weighted by atomic mass is 31.2. The molecule has 0 aromatic rings. The van der Waals surface area contributed by atoms with Crippen LogP contribution in [0.3, 0.4) is 0 Å². The van der Waals surface area contributed by atoms with E-state index in [1.807, 2.05) is 18.8 Å². The molecule has 2 radical (unpaired) electrons. The molecule has 9 heteroatoms. The third kappa shape index (κ3) is 12.3. The maximum atomic E-state index is 14.1. The van der Waals surface area contributed by atoms with Crippen LogP contribution < -0.4 is 0 Å². The van der Waals surface area contributed by atoms with Crippen molar-refractivity contribution in [2.24, 2.45) is 0 Å². The molecule has 3 unspecified atom stereocenters. The third-order valence-electron chi connectivity index (χ3n) is 7.94. The lowest BCUT2D eigenvalue weighted by Crippen LogP contribution is -2.56. The summed E-state index contributed by atoms with van der Waals surface area (Å²) in [5.74, 6) is 0. The molecule has 2 heterocycles. The van der Waals surface area contributed by atoms with E-state index in [9.17, 15) is 4.57 Å². The topological polar surface area (TPSA) is 48.5 Å². The Morgan fingerprint density at radius 2 is 1.57 bits per heavy atom. The van der Waals surface area contributed by atoms with Gasteiger partial charge in [0.05, 0.1) is 12.7 Å². The van der Waals surface area contributed by atoms with Gasteiger partial charge in [-0.05, 0) is 88.2 Å². The predicted octanol–water partition coefficient (Wildman–Crippen LogP) is 5.75. The molecule has 0 aliphatic carbocycles. The summed E-state index contributed by atoms with van der Waals surface area (Å²) in [5.41, 5.74) is 4.34. The van der Waals surface area contributed by atoms with Crippen molar-refractivity contribution >= 4 is 15.3 Å². The normalized spacial score (nSPS) is 24.4. The van der Waals surface area contributed by atoms with Crippen molar-refractivity contribution < 1.29 is 14.0 Å². The Kier molecular flexibility index (Phi) is 14.9. The van der Waals surface area contributed by atoms with Gasteiger partial charge >= 0.3 is 0 Å². The Labute approximate surface area is 247 Å².